The van der Waals surface area contributed by atoms with Crippen LogP contribution in [0.15, 0.2) is 60.9 Å². The average Bonchev–Trinajstić information content (AvgIpc) is 3.45. The number of aromatic nitrogens is 2. The lowest BCUT2D eigenvalue weighted by Crippen LogP contribution is -2.37. The van der Waals surface area contributed by atoms with E-state index in [0.29, 0.717) is 47.3 Å². The number of amides is 3. The first-order valence-corrected chi connectivity index (χ1v) is 22.7. The van der Waals surface area contributed by atoms with Crippen LogP contribution in [0, 0.1) is 0 Å². The van der Waals surface area contributed by atoms with E-state index in [1.165, 1.54) is 32.6 Å². The van der Waals surface area contributed by atoms with E-state index >= 15 is 0 Å². The number of imide groups is 1. The van der Waals surface area contributed by atoms with E-state index in [4.69, 9.17) is 40.6 Å². The van der Waals surface area contributed by atoms with E-state index in [1.54, 1.807) is 50.4 Å². The summed E-state index contributed by atoms with van der Waals surface area (Å²) in [5, 5.41) is 19.6. The summed E-state index contributed by atoms with van der Waals surface area (Å²) in [6.45, 7) is 5.72. The molecule has 1 aliphatic rings. The van der Waals surface area contributed by atoms with Crippen molar-refractivity contribution in [3.63, 3.8) is 0 Å². The fraction of sp³-hybridized carbons (Fsp3) is 0.357. The molecular formula is C42H56N6O15S2. The Balaban J connectivity index is 0.000000541. The van der Waals surface area contributed by atoms with Crippen molar-refractivity contribution < 1.29 is 70.0 Å². The number of carbonyl (C=O) groups is 5. The van der Waals surface area contributed by atoms with Gasteiger partial charge in [0.05, 0.1) is 61.7 Å². The van der Waals surface area contributed by atoms with Gasteiger partial charge in [-0.1, -0.05) is 27.0 Å². The molecular weight excluding hydrogens is 893 g/mol. The zero-order valence-electron chi connectivity index (χ0n) is 35.3. The molecule has 2 atom stereocenters. The molecule has 2 aromatic heterocycles. The molecule has 2 aromatic carbocycles. The van der Waals surface area contributed by atoms with Crippen LogP contribution in [0.5, 0.6) is 23.0 Å². The molecule has 0 fully saturated rings. The predicted molar refractivity (Wildman–Crippen MR) is 242 cm³/mol. The number of hydrogen-bond donors (Lipinski definition) is 5. The third-order valence-corrected chi connectivity index (χ3v) is 10.5. The highest BCUT2D eigenvalue weighted by Gasteiger charge is 2.44. The molecule has 0 radical (unpaired) electrons. The van der Waals surface area contributed by atoms with E-state index < -0.39 is 72.7 Å². The first-order chi connectivity index (χ1) is 29.5. The maximum Gasteiger partial charge on any atom is 0.340 e. The number of carboxylic acid groups (broad SMARTS) is 2. The Morgan fingerprint density at radius 1 is 0.754 bits per heavy atom. The van der Waals surface area contributed by atoms with Crippen molar-refractivity contribution in [1.29, 1.82) is 0 Å². The second kappa shape index (κ2) is 24.3. The first kappa shape index (κ1) is 56.2. The van der Waals surface area contributed by atoms with Crippen molar-refractivity contribution in [2.24, 2.45) is 5.73 Å². The summed E-state index contributed by atoms with van der Waals surface area (Å²) in [6, 6.07) is 10.6. The number of nitrogens with two attached hydrogens (primary N) is 2. The lowest BCUT2D eigenvalue weighted by Gasteiger charge is -2.26. The number of hydrogen-bond acceptors (Lipinski definition) is 17. The number of benzene rings is 2. The highest BCUT2D eigenvalue weighted by Crippen LogP contribution is 2.38. The van der Waals surface area contributed by atoms with Crippen molar-refractivity contribution in [2.45, 2.75) is 47.7 Å². The van der Waals surface area contributed by atoms with Gasteiger partial charge in [0.1, 0.15) is 36.9 Å². The summed E-state index contributed by atoms with van der Waals surface area (Å²) in [7, 11) is -3.71. The van der Waals surface area contributed by atoms with E-state index in [0.717, 1.165) is 23.4 Å². The fourth-order valence-corrected chi connectivity index (χ4v) is 7.77. The highest BCUT2D eigenvalue weighted by molar-refractivity contribution is 7.90. The smallest absolute Gasteiger partial charge is 0.340 e. The van der Waals surface area contributed by atoms with Crippen molar-refractivity contribution in [3.05, 3.63) is 94.3 Å². The molecule has 23 heteroatoms. The van der Waals surface area contributed by atoms with Crippen LogP contribution >= 0.6 is 0 Å². The Hall–Kier alpha value is -6.85. The lowest BCUT2D eigenvalue weighted by atomic mass is 10.1. The van der Waals surface area contributed by atoms with Crippen LogP contribution in [0.3, 0.4) is 0 Å². The SMILES string of the molecule is C.C.CCOc1cc(C(CS(C)(=O)=O)N2C(=O)c3ccnc(NC(C)=O)c3C2=O)ccc1OC.CCOc1cc(C(N)CS(C)(=O)=O)ccc1OC.Nc1nccc(C(=O)O)c1C(=O)O. The molecule has 0 bridgehead atoms. The molecule has 7 N–H and O–H groups in total. The maximum atomic E-state index is 13.3. The summed E-state index contributed by atoms with van der Waals surface area (Å²) in [5.41, 5.74) is 11.3. The molecule has 356 valence electrons. The summed E-state index contributed by atoms with van der Waals surface area (Å²) < 4.78 is 68.3. The second-order valence-corrected chi connectivity index (χ2v) is 17.8. The van der Waals surface area contributed by atoms with E-state index in [1.807, 2.05) is 6.92 Å². The summed E-state index contributed by atoms with van der Waals surface area (Å²) in [6.07, 6.45) is 4.63. The van der Waals surface area contributed by atoms with Crippen molar-refractivity contribution >= 4 is 61.0 Å². The predicted octanol–water partition coefficient (Wildman–Crippen LogP) is 4.30. The molecule has 4 aromatic rings. The highest BCUT2D eigenvalue weighted by atomic mass is 32.2. The number of aromatic carboxylic acids is 2. The van der Waals surface area contributed by atoms with Crippen molar-refractivity contribution in [1.82, 2.24) is 14.9 Å². The molecule has 0 spiro atoms. The van der Waals surface area contributed by atoms with E-state index in [-0.39, 0.29) is 48.9 Å². The third kappa shape index (κ3) is 15.1. The first-order valence-electron chi connectivity index (χ1n) is 18.6. The average molecular weight is 949 g/mol. The minimum atomic E-state index is -3.62. The minimum absolute atomic E-state index is 0. The number of anilines is 2. The molecule has 0 saturated carbocycles. The second-order valence-electron chi connectivity index (χ2n) is 13.5. The van der Waals surface area contributed by atoms with Gasteiger partial charge >= 0.3 is 11.9 Å². The van der Waals surface area contributed by atoms with Crippen LogP contribution in [0.4, 0.5) is 11.6 Å². The van der Waals surface area contributed by atoms with Gasteiger partial charge in [-0.15, -0.1) is 0 Å². The molecule has 65 heavy (non-hydrogen) atoms. The molecule has 0 saturated heterocycles. The van der Waals surface area contributed by atoms with Gasteiger partial charge in [0.2, 0.25) is 5.91 Å². The number of methoxy groups -OCH3 is 2. The fourth-order valence-electron chi connectivity index (χ4n) is 6.01. The Morgan fingerprint density at radius 2 is 1.26 bits per heavy atom. The number of carbonyl (C=O) groups excluding carboxylic acids is 3. The molecule has 3 heterocycles. The standard InChI is InChI=1S/C21H23N3O7S.C12H19NO4S.C7H6N2O4.2CH4/c1-5-31-17-10-13(6-7-16(17)30-3)15(11-32(4,28)29)24-20(26)14-8-9-22-19(23-12(2)25)18(14)21(24)27;1-4-17-12-7-9(5-6-11(12)16-2)10(13)8-18(3,14)15;8-5-4(7(12)13)3(6(10)11)1-2-9-5;;/h6-10,15H,5,11H2,1-4H3,(H,22,23,25);5-7,10H,4,8,13H2,1-3H3;1-2H,(H2,8,9)(H,10,11)(H,12,13);2*1H4. The summed E-state index contributed by atoms with van der Waals surface area (Å²) >= 11 is 0. The normalized spacial score (nSPS) is 12.5. The zero-order chi connectivity index (χ0) is 47.4. The van der Waals surface area contributed by atoms with Gasteiger partial charge in [-0.2, -0.15) is 0 Å². The van der Waals surface area contributed by atoms with Gasteiger partial charge in [-0.3, -0.25) is 19.3 Å². The largest absolute Gasteiger partial charge is 0.493 e. The number of fused-ring (bicyclic) bond motifs is 1. The summed E-state index contributed by atoms with van der Waals surface area (Å²) in [4.78, 5) is 67.5. The Kier molecular flexibility index (Phi) is 21.0. The van der Waals surface area contributed by atoms with Crippen LogP contribution in [-0.4, -0.2) is 123 Å². The number of pyridine rings is 2. The third-order valence-electron chi connectivity index (χ3n) is 8.59. The van der Waals surface area contributed by atoms with Crippen LogP contribution in [0.1, 0.15) is 100 Å². The number of nitrogens with zero attached hydrogens (tertiary/aromatic N) is 3. The van der Waals surface area contributed by atoms with Crippen LogP contribution < -0.4 is 35.7 Å². The molecule has 0 aliphatic carbocycles. The Labute approximate surface area is 377 Å². The Morgan fingerprint density at radius 3 is 1.71 bits per heavy atom. The number of nitrogens with one attached hydrogen (secondary N) is 1. The molecule has 1 aliphatic heterocycles. The monoisotopic (exact) mass is 948 g/mol. The number of nitrogen functional groups attached to an aromatic ring is 1. The molecule has 21 nitrogen and oxygen atoms in total. The van der Waals surface area contributed by atoms with Crippen molar-refractivity contribution in [3.8, 4) is 23.0 Å². The van der Waals surface area contributed by atoms with Gasteiger partial charge in [0, 0.05) is 37.9 Å². The zero-order valence-corrected chi connectivity index (χ0v) is 36.9. The van der Waals surface area contributed by atoms with Gasteiger partial charge < -0.3 is 45.9 Å². The maximum absolute atomic E-state index is 13.3. The van der Waals surface area contributed by atoms with Gasteiger partial charge in [0.25, 0.3) is 11.8 Å². The van der Waals surface area contributed by atoms with Gasteiger partial charge in [0.15, 0.2) is 23.0 Å². The van der Waals surface area contributed by atoms with Crippen LogP contribution in [0.25, 0.3) is 0 Å². The number of carboxylic acids is 2. The van der Waals surface area contributed by atoms with Gasteiger partial charge in [-0.05, 0) is 61.4 Å². The molecule has 3 amide bonds. The van der Waals surface area contributed by atoms with E-state index in [2.05, 4.69) is 15.3 Å². The molecule has 2 unspecified atom stereocenters. The quantitative estimate of drug-likeness (QED) is 0.0977. The molecule has 5 rings (SSSR count). The van der Waals surface area contributed by atoms with Crippen LogP contribution in [0.2, 0.25) is 0 Å². The van der Waals surface area contributed by atoms with Crippen LogP contribution in [-0.2, 0) is 24.5 Å². The van der Waals surface area contributed by atoms with Gasteiger partial charge in [-0.25, -0.2) is 36.4 Å². The lowest BCUT2D eigenvalue weighted by molar-refractivity contribution is -0.114. The minimum Gasteiger partial charge on any atom is -0.493 e. The number of sulfone groups is 2. The Bertz CT molecular complexity index is 2590. The number of ether oxygens (including phenoxy) is 4. The number of rotatable bonds is 16. The summed E-state index contributed by atoms with van der Waals surface area (Å²) in [5.74, 6) is -3.63. The van der Waals surface area contributed by atoms with Crippen molar-refractivity contribution in [2.75, 3.05) is 62.5 Å². The van der Waals surface area contributed by atoms with E-state index in [9.17, 15) is 40.8 Å². The topological polar surface area (TPSA) is 324 Å².